The van der Waals surface area contributed by atoms with E-state index in [4.69, 9.17) is 9.47 Å². The van der Waals surface area contributed by atoms with Gasteiger partial charge in [-0.2, -0.15) is 0 Å². The molecule has 0 radical (unpaired) electrons. The van der Waals surface area contributed by atoms with E-state index >= 15 is 0 Å². The van der Waals surface area contributed by atoms with Crippen molar-refractivity contribution in [3.05, 3.63) is 42.0 Å². The Morgan fingerprint density at radius 2 is 2.00 bits per heavy atom. The first-order valence-corrected chi connectivity index (χ1v) is 7.08. The minimum atomic E-state index is 0.120. The zero-order valence-electron chi connectivity index (χ0n) is 12.1. The molecule has 3 rings (SSSR count). The van der Waals surface area contributed by atoms with Gasteiger partial charge in [0.1, 0.15) is 5.75 Å². The van der Waals surface area contributed by atoms with E-state index in [1.54, 1.807) is 7.11 Å². The van der Waals surface area contributed by atoms with Crippen molar-refractivity contribution in [1.29, 1.82) is 0 Å². The summed E-state index contributed by atoms with van der Waals surface area (Å²) in [5.41, 5.74) is 1.42. The van der Waals surface area contributed by atoms with E-state index in [0.717, 1.165) is 31.9 Å². The Bertz CT molecular complexity index is 603. The van der Waals surface area contributed by atoms with Gasteiger partial charge < -0.3 is 14.8 Å². The molecule has 1 aliphatic heterocycles. The third-order valence-electron chi connectivity index (χ3n) is 4.05. The Hall–Kier alpha value is -1.58. The summed E-state index contributed by atoms with van der Waals surface area (Å²) in [6, 6.07) is 12.7. The maximum absolute atomic E-state index is 5.47. The van der Waals surface area contributed by atoms with Crippen molar-refractivity contribution >= 4 is 10.8 Å². The Morgan fingerprint density at radius 3 is 2.75 bits per heavy atom. The molecule has 0 aliphatic carbocycles. The monoisotopic (exact) mass is 271 g/mol. The van der Waals surface area contributed by atoms with E-state index in [9.17, 15) is 0 Å². The summed E-state index contributed by atoms with van der Waals surface area (Å²) in [5.74, 6) is 0.902. The van der Waals surface area contributed by atoms with E-state index in [0.29, 0.717) is 0 Å². The van der Waals surface area contributed by atoms with E-state index < -0.39 is 0 Å². The van der Waals surface area contributed by atoms with Crippen LogP contribution in [-0.4, -0.2) is 25.9 Å². The van der Waals surface area contributed by atoms with Gasteiger partial charge in [-0.1, -0.05) is 18.2 Å². The highest BCUT2D eigenvalue weighted by atomic mass is 16.5. The van der Waals surface area contributed by atoms with E-state index in [1.165, 1.54) is 16.3 Å². The molecule has 0 bridgehead atoms. The summed E-state index contributed by atoms with van der Waals surface area (Å²) in [4.78, 5) is 0. The van der Waals surface area contributed by atoms with Crippen LogP contribution in [0.2, 0.25) is 0 Å². The molecule has 3 heteroatoms. The Kier molecular flexibility index (Phi) is 3.64. The minimum absolute atomic E-state index is 0.120. The maximum Gasteiger partial charge on any atom is 0.119 e. The molecule has 1 N–H and O–H groups in total. The third kappa shape index (κ3) is 2.79. The molecule has 1 atom stereocenters. The fraction of sp³-hybridized carbons (Fsp3) is 0.412. The summed E-state index contributed by atoms with van der Waals surface area (Å²) in [7, 11) is 1.70. The predicted molar refractivity (Wildman–Crippen MR) is 81.2 cm³/mol. The molecule has 3 nitrogen and oxygen atoms in total. The largest absolute Gasteiger partial charge is 0.497 e. The maximum atomic E-state index is 5.47. The number of methoxy groups -OCH3 is 1. The third-order valence-corrected chi connectivity index (χ3v) is 4.05. The normalized spacial score (nSPS) is 22.3. The van der Waals surface area contributed by atoms with Crippen LogP contribution in [0.1, 0.15) is 18.9 Å². The number of benzene rings is 2. The molecular weight excluding hydrogens is 250 g/mol. The first kappa shape index (κ1) is 13.4. The molecule has 0 saturated carbocycles. The number of ether oxygens (including phenoxy) is 2. The van der Waals surface area contributed by atoms with Crippen LogP contribution >= 0.6 is 0 Å². The van der Waals surface area contributed by atoms with Gasteiger partial charge in [0.15, 0.2) is 0 Å². The van der Waals surface area contributed by atoms with Crippen molar-refractivity contribution in [2.24, 2.45) is 0 Å². The van der Waals surface area contributed by atoms with Gasteiger partial charge in [-0.3, -0.25) is 0 Å². The first-order valence-electron chi connectivity index (χ1n) is 7.08. The van der Waals surface area contributed by atoms with Crippen LogP contribution in [0.25, 0.3) is 10.8 Å². The fourth-order valence-corrected chi connectivity index (χ4v) is 2.63. The quantitative estimate of drug-likeness (QED) is 0.927. The van der Waals surface area contributed by atoms with Gasteiger partial charge >= 0.3 is 0 Å². The molecule has 0 amide bonds. The lowest BCUT2D eigenvalue weighted by atomic mass is 10.0. The van der Waals surface area contributed by atoms with Crippen molar-refractivity contribution in [2.45, 2.75) is 25.4 Å². The van der Waals surface area contributed by atoms with Crippen molar-refractivity contribution in [3.8, 4) is 5.75 Å². The molecule has 2 aromatic carbocycles. The number of nitrogens with one attached hydrogen (secondary N) is 1. The van der Waals surface area contributed by atoms with Gasteiger partial charge in [0, 0.05) is 18.7 Å². The topological polar surface area (TPSA) is 30.5 Å². The zero-order chi connectivity index (χ0) is 14.0. The summed E-state index contributed by atoms with van der Waals surface area (Å²) in [6.45, 7) is 4.77. The van der Waals surface area contributed by atoms with Gasteiger partial charge in [0.05, 0.1) is 13.7 Å². The summed E-state index contributed by atoms with van der Waals surface area (Å²) < 4.78 is 10.7. The lowest BCUT2D eigenvalue weighted by molar-refractivity contribution is 0.171. The van der Waals surface area contributed by atoms with Gasteiger partial charge in [0.25, 0.3) is 0 Å². The highest BCUT2D eigenvalue weighted by molar-refractivity contribution is 5.84. The van der Waals surface area contributed by atoms with Crippen molar-refractivity contribution in [3.63, 3.8) is 0 Å². The molecule has 1 heterocycles. The SMILES string of the molecule is COc1ccc2cc(CNC3(C)CCOC3)ccc2c1. The lowest BCUT2D eigenvalue weighted by Crippen LogP contribution is -2.42. The van der Waals surface area contributed by atoms with Crippen molar-refractivity contribution < 1.29 is 9.47 Å². The number of rotatable bonds is 4. The fourth-order valence-electron chi connectivity index (χ4n) is 2.63. The molecule has 1 saturated heterocycles. The van der Waals surface area contributed by atoms with E-state index in [2.05, 4.69) is 42.6 Å². The number of hydrogen-bond donors (Lipinski definition) is 1. The molecule has 1 unspecified atom stereocenters. The molecule has 2 aromatic rings. The van der Waals surface area contributed by atoms with Crippen LogP contribution < -0.4 is 10.1 Å². The predicted octanol–water partition coefficient (Wildman–Crippen LogP) is 3.12. The molecule has 0 aromatic heterocycles. The second kappa shape index (κ2) is 5.43. The second-order valence-electron chi connectivity index (χ2n) is 5.76. The minimum Gasteiger partial charge on any atom is -0.497 e. The highest BCUT2D eigenvalue weighted by Crippen LogP contribution is 2.23. The Balaban J connectivity index is 1.75. The summed E-state index contributed by atoms with van der Waals surface area (Å²) in [6.07, 6.45) is 1.08. The Morgan fingerprint density at radius 1 is 1.20 bits per heavy atom. The van der Waals surface area contributed by atoms with Crippen LogP contribution in [0.4, 0.5) is 0 Å². The van der Waals surface area contributed by atoms with Crippen molar-refractivity contribution in [1.82, 2.24) is 5.32 Å². The zero-order valence-corrected chi connectivity index (χ0v) is 12.1. The smallest absolute Gasteiger partial charge is 0.119 e. The van der Waals surface area contributed by atoms with Crippen LogP contribution in [0.3, 0.4) is 0 Å². The standard InChI is InChI=1S/C17H21NO2/c1-17(7-8-20-12-17)18-11-13-3-4-15-10-16(19-2)6-5-14(15)9-13/h3-6,9-10,18H,7-8,11-12H2,1-2H3. The number of hydrogen-bond acceptors (Lipinski definition) is 3. The van der Waals surface area contributed by atoms with E-state index in [-0.39, 0.29) is 5.54 Å². The van der Waals surface area contributed by atoms with Gasteiger partial charge in [-0.05, 0) is 47.9 Å². The number of fused-ring (bicyclic) bond motifs is 1. The molecular formula is C17H21NO2. The van der Waals surface area contributed by atoms with Crippen LogP contribution in [0, 0.1) is 0 Å². The molecule has 1 aliphatic rings. The Labute approximate surface area is 119 Å². The van der Waals surface area contributed by atoms with Gasteiger partial charge in [0.2, 0.25) is 0 Å². The van der Waals surface area contributed by atoms with E-state index in [1.807, 2.05) is 6.07 Å². The lowest BCUT2D eigenvalue weighted by Gasteiger charge is -2.23. The first-order chi connectivity index (χ1) is 9.68. The molecule has 20 heavy (non-hydrogen) atoms. The average Bonchev–Trinajstić information content (AvgIpc) is 2.91. The molecule has 1 fully saturated rings. The summed E-state index contributed by atoms with van der Waals surface area (Å²) >= 11 is 0. The van der Waals surface area contributed by atoms with Gasteiger partial charge in [-0.15, -0.1) is 0 Å². The molecule has 0 spiro atoms. The van der Waals surface area contributed by atoms with Crippen molar-refractivity contribution in [2.75, 3.05) is 20.3 Å². The van der Waals surface area contributed by atoms with Crippen LogP contribution in [0.5, 0.6) is 5.75 Å². The average molecular weight is 271 g/mol. The molecule has 106 valence electrons. The van der Waals surface area contributed by atoms with Crippen LogP contribution in [-0.2, 0) is 11.3 Å². The highest BCUT2D eigenvalue weighted by Gasteiger charge is 2.28. The van der Waals surface area contributed by atoms with Crippen LogP contribution in [0.15, 0.2) is 36.4 Å². The summed E-state index contributed by atoms with van der Waals surface area (Å²) in [5, 5.41) is 6.07. The van der Waals surface area contributed by atoms with Gasteiger partial charge in [-0.25, -0.2) is 0 Å². The second-order valence-corrected chi connectivity index (χ2v) is 5.76.